The molecule has 3 aliphatic rings. The predicted molar refractivity (Wildman–Crippen MR) is 447 cm³/mol. The molecule has 8 rings (SSSR count). The zero-order valence-corrected chi connectivity index (χ0v) is 70.0. The average Bonchev–Trinajstić information content (AvgIpc) is 0.928. The largest absolute Gasteiger partial charge is 0.481 e. The summed E-state index contributed by atoms with van der Waals surface area (Å²) in [5.74, 6) is -20.5. The lowest BCUT2D eigenvalue weighted by Gasteiger charge is -2.42. The van der Waals surface area contributed by atoms with E-state index in [1.807, 2.05) is 0 Å². The van der Waals surface area contributed by atoms with Gasteiger partial charge < -0.3 is 110 Å². The number of amides is 17. The van der Waals surface area contributed by atoms with Gasteiger partial charge in [0.15, 0.2) is 0 Å². The average molecular weight is 1750 g/mol. The number of hydrogen-bond donors (Lipinski definition) is 18. The lowest BCUT2D eigenvalue weighted by molar-refractivity contribution is -0.158. The van der Waals surface area contributed by atoms with E-state index in [0.717, 1.165) is 47.1 Å². The first kappa shape index (κ1) is 95.2. The van der Waals surface area contributed by atoms with Gasteiger partial charge >= 0.3 is 11.9 Å². The summed E-state index contributed by atoms with van der Waals surface area (Å²) in [5.41, 5.74) is 14.1. The number of aromatic amines is 2. The van der Waals surface area contributed by atoms with Crippen LogP contribution in [0.3, 0.4) is 0 Å². The summed E-state index contributed by atoms with van der Waals surface area (Å²) in [6.45, 7) is 3.69. The van der Waals surface area contributed by atoms with Crippen LogP contribution >= 0.6 is 35.3 Å². The van der Waals surface area contributed by atoms with Crippen LogP contribution in [0.4, 0.5) is 0 Å². The summed E-state index contributed by atoms with van der Waals surface area (Å²) in [4.78, 5) is 277. The number of benzene rings is 3. The van der Waals surface area contributed by atoms with Crippen LogP contribution in [0.5, 0.6) is 0 Å². The third-order valence-electron chi connectivity index (χ3n) is 19.8. The number of carbonyl (C=O) groups is 19. The molecule has 3 aromatic carbocycles. The van der Waals surface area contributed by atoms with E-state index in [0.29, 0.717) is 38.5 Å². The Kier molecular flexibility index (Phi) is 36.3. The Hall–Kier alpha value is -12.3. The molecule has 17 amide bonds. The normalized spacial score (nSPS) is 23.9. The maximum absolute atomic E-state index is 15.0. The molecule has 3 saturated heterocycles. The van der Waals surface area contributed by atoms with Crippen LogP contribution < -0.4 is 75.3 Å². The molecule has 122 heavy (non-hydrogen) atoms. The Balaban J connectivity index is 1.19. The van der Waals surface area contributed by atoms with E-state index in [9.17, 15) is 96.5 Å². The number of carbonyl (C=O) groups excluding carboxylic acids is 17. The fourth-order valence-electron chi connectivity index (χ4n) is 13.4. The number of rotatable bonds is 18. The van der Waals surface area contributed by atoms with Crippen LogP contribution in [0.25, 0.3) is 21.8 Å². The number of nitrogens with one attached hydrogen (secondary N) is 14. The van der Waals surface area contributed by atoms with Crippen LogP contribution in [-0.2, 0) is 110 Å². The first-order chi connectivity index (χ1) is 58.1. The molecule has 11 atom stereocenters. The van der Waals surface area contributed by atoms with Crippen LogP contribution in [0.2, 0.25) is 0 Å². The molecule has 5 heterocycles. The fourth-order valence-corrected chi connectivity index (χ4v) is 16.4. The van der Waals surface area contributed by atoms with E-state index in [1.54, 1.807) is 105 Å². The molecule has 0 aliphatic carbocycles. The molecular weight excluding hydrogens is 1650 g/mol. The Morgan fingerprint density at radius 3 is 1.50 bits per heavy atom. The predicted octanol–water partition coefficient (Wildman–Crippen LogP) is -2.58. The molecular formula is C79H103N19O21S3. The molecule has 4 bridgehead atoms. The molecule has 5 aromatic rings. The molecule has 3 fully saturated rings. The highest BCUT2D eigenvalue weighted by Gasteiger charge is 2.39. The minimum atomic E-state index is -2.13. The standard InChI is InChI=1S/C79H103N19O21S3/c1-42(2)28-54-75(115)89-53(19-21-68(106)107)73(113)93-58(32-69(108)109)78(118)95-64-33-62(101)87-56(30-46-34-82-50-16-10-8-14-48(46)50)74(114)85-43(3)71(111)84-36-63(102)88-55(29-45-12-6-5-7-13-45)76(116)94-59(70(81)110)37-120-25-22-65(103)96-39-97(41-98(40-96)67(105)24-27-122-64)66(104)23-26-121-38-60(86-44(4)99)79(119)90-52(18-20-61(80)100)72(112)92-57(77(117)91-54)31-47-35-83-51-17-11-9-15-49(47)51/h5-17,34-35,42-43,52-60,64,82-83H,18-33,36-41H2,1-4H3,(H2,80,100)(H2,81,110)(H,84,111)(H,85,114)(H,86,99)(H,87,101)(H,88,102)(H,89,115)(H,90,119)(H,91,117)(H,92,112)(H,93,113)(H,94,116)(H,95,118)(H,106,107)(H,108,109)/t43-,52-,53-,54-,55-,56-,57-,58-,59-,60-,64+/m0/s1. The fraction of sp³-hybridized carbons (Fsp3) is 0.481. The molecule has 0 spiro atoms. The van der Waals surface area contributed by atoms with E-state index in [-0.39, 0.29) is 67.3 Å². The third-order valence-corrected chi connectivity index (χ3v) is 23.0. The second-order valence-corrected chi connectivity index (χ2v) is 33.5. The van der Waals surface area contributed by atoms with Crippen LogP contribution in [0, 0.1) is 5.92 Å². The van der Waals surface area contributed by atoms with Gasteiger partial charge in [-0.15, -0.1) is 11.8 Å². The van der Waals surface area contributed by atoms with Gasteiger partial charge in [-0.1, -0.05) is 80.6 Å². The van der Waals surface area contributed by atoms with Crippen molar-refractivity contribution in [2.24, 2.45) is 17.4 Å². The maximum Gasteiger partial charge on any atom is 0.305 e. The third kappa shape index (κ3) is 29.9. The molecule has 43 heteroatoms. The number of fused-ring (bicyclic) bond motifs is 8. The zero-order chi connectivity index (χ0) is 88.9. The lowest BCUT2D eigenvalue weighted by atomic mass is 9.99. The number of carboxylic acids is 2. The number of H-pyrrole nitrogens is 2. The smallest absolute Gasteiger partial charge is 0.305 e. The number of para-hydroxylation sites is 2. The van der Waals surface area contributed by atoms with Gasteiger partial charge in [-0.05, 0) is 60.9 Å². The van der Waals surface area contributed by atoms with E-state index in [1.165, 1.54) is 16.7 Å². The molecule has 0 saturated carbocycles. The van der Waals surface area contributed by atoms with Gasteiger partial charge in [-0.2, -0.15) is 23.5 Å². The van der Waals surface area contributed by atoms with Gasteiger partial charge in [-0.3, -0.25) is 91.1 Å². The molecule has 40 nitrogen and oxygen atoms in total. The Bertz CT molecular complexity index is 4680. The van der Waals surface area contributed by atoms with Gasteiger partial charge in [-0.25, -0.2) is 0 Å². The second-order valence-electron chi connectivity index (χ2n) is 29.9. The number of primary amides is 2. The topological polar surface area (TPSA) is 602 Å². The van der Waals surface area contributed by atoms with Crippen LogP contribution in [0.15, 0.2) is 91.3 Å². The van der Waals surface area contributed by atoms with Gasteiger partial charge in [0.1, 0.15) is 60.4 Å². The molecule has 20 N–H and O–H groups in total. The maximum atomic E-state index is 15.0. The van der Waals surface area contributed by atoms with Crippen LogP contribution in [0.1, 0.15) is 109 Å². The number of carboxylic acid groups (broad SMARTS) is 2. The minimum Gasteiger partial charge on any atom is -0.481 e. The van der Waals surface area contributed by atoms with E-state index in [4.69, 9.17) is 11.5 Å². The minimum absolute atomic E-state index is 0.0435. The number of nitrogens with zero attached hydrogens (tertiary/aromatic N) is 3. The quantitative estimate of drug-likeness (QED) is 0.0428. The number of aromatic nitrogens is 2. The van der Waals surface area contributed by atoms with Crippen molar-refractivity contribution in [2.45, 2.75) is 177 Å². The van der Waals surface area contributed by atoms with Gasteiger partial charge in [0.05, 0.1) is 44.8 Å². The summed E-state index contributed by atoms with van der Waals surface area (Å²) < 4.78 is 0. The number of aliphatic carboxylic acids is 2. The Labute approximate surface area is 713 Å². The number of thioether (sulfide) groups is 3. The Morgan fingerprint density at radius 1 is 0.492 bits per heavy atom. The summed E-state index contributed by atoms with van der Waals surface area (Å²) in [6.07, 6.45) is -3.45. The van der Waals surface area contributed by atoms with E-state index < -0.39 is 256 Å². The molecule has 0 unspecified atom stereocenters. The molecule has 0 radical (unpaired) electrons. The van der Waals surface area contributed by atoms with Crippen molar-refractivity contribution in [1.82, 2.24) is 88.5 Å². The SMILES string of the molecule is CC(=O)N[C@H]1CSCCC(=O)N2CN3CN(C2)C(=O)CCS[C@H](CC(=O)N[C@@H](Cc2c[nH]c4ccccc24)C(=O)N[C@@H](C)C(=O)NCC(=O)N[C@@H](Cc2ccccc2)C(=O)N[C@H](C(N)=O)CSCCC3=O)NC(=O)[C@H](CC(=O)O)NC(=O)[C@H](CCC(=O)O)NC(=O)[C@H](CC(C)C)NC(=O)[C@H](Cc2c[nH]c3ccccc23)NC(=O)[C@H](CCC(N)=O)NC1=O. The highest BCUT2D eigenvalue weighted by Crippen LogP contribution is 2.25. The molecule has 658 valence electrons. The highest BCUT2D eigenvalue weighted by atomic mass is 32.2. The monoisotopic (exact) mass is 1750 g/mol. The van der Waals surface area contributed by atoms with Crippen molar-refractivity contribution in [3.63, 3.8) is 0 Å². The van der Waals surface area contributed by atoms with Crippen molar-refractivity contribution in [3.05, 3.63) is 108 Å². The first-order valence-electron chi connectivity index (χ1n) is 39.4. The number of nitrogens with two attached hydrogens (primary N) is 2. The van der Waals surface area contributed by atoms with Crippen molar-refractivity contribution < 1.29 is 101 Å². The Morgan fingerprint density at radius 2 is 0.951 bits per heavy atom. The summed E-state index contributed by atoms with van der Waals surface area (Å²) in [7, 11) is 0. The second kappa shape index (κ2) is 46.5. The summed E-state index contributed by atoms with van der Waals surface area (Å²) in [5, 5.41) is 50.4. The van der Waals surface area contributed by atoms with Gasteiger partial charge in [0, 0.05) is 121 Å². The number of hydrogen-bond acceptors (Lipinski definition) is 22. The van der Waals surface area contributed by atoms with Crippen molar-refractivity contribution in [3.8, 4) is 0 Å². The van der Waals surface area contributed by atoms with E-state index in [2.05, 4.69) is 73.8 Å². The molecule has 3 aliphatic heterocycles. The summed E-state index contributed by atoms with van der Waals surface area (Å²) >= 11 is 2.74. The van der Waals surface area contributed by atoms with Gasteiger partial charge in [0.25, 0.3) is 0 Å². The lowest BCUT2D eigenvalue weighted by Crippen LogP contribution is -2.60. The molecule has 2 aromatic heterocycles. The van der Waals surface area contributed by atoms with Crippen molar-refractivity contribution >= 4 is 169 Å². The van der Waals surface area contributed by atoms with Crippen molar-refractivity contribution in [2.75, 3.05) is 55.3 Å². The van der Waals surface area contributed by atoms with Crippen molar-refractivity contribution in [1.29, 1.82) is 0 Å². The highest BCUT2D eigenvalue weighted by molar-refractivity contribution is 8.00. The van der Waals surface area contributed by atoms with Crippen LogP contribution in [-0.4, -0.2) is 268 Å². The summed E-state index contributed by atoms with van der Waals surface area (Å²) in [6, 6.07) is 6.04. The zero-order valence-electron chi connectivity index (χ0n) is 67.5. The van der Waals surface area contributed by atoms with Gasteiger partial charge in [0.2, 0.25) is 100 Å². The van der Waals surface area contributed by atoms with E-state index >= 15 is 4.79 Å². The first-order valence-corrected chi connectivity index (χ1v) is 42.8.